The number of phenols is 1. The first-order valence-electron chi connectivity index (χ1n) is 20.2. The van der Waals surface area contributed by atoms with E-state index in [2.05, 4.69) is 34.1 Å². The Morgan fingerprint density at radius 2 is 1.00 bits per heavy atom. The van der Waals surface area contributed by atoms with Crippen LogP contribution in [0.3, 0.4) is 0 Å². The average molecular weight is 916 g/mol. The third kappa shape index (κ3) is 13.0. The molecule has 2 saturated carbocycles. The van der Waals surface area contributed by atoms with Crippen molar-refractivity contribution >= 4 is 33.3 Å². The van der Waals surface area contributed by atoms with E-state index in [-0.39, 0.29) is 16.6 Å². The smallest absolute Gasteiger partial charge is 0.416 e. The number of alkyl halides is 6. The van der Waals surface area contributed by atoms with Crippen LogP contribution >= 0.6 is 23.2 Å². The molecule has 0 spiro atoms. The standard InChI is InChI=1S/C22H23ClF3NO.C16H22ClNO3S.C7H5F3O/c23-19-6-2-17(3-7-19)21(10-1-11-21)15-27-12-16(13-27)14-28-20-8-4-18(5-9-20)22(24,25)26;1-22(19,20)21-11-13-9-18(10-13)12-16(7-2-8-16)14-3-5-15(17)6-4-14;8-7(9,10)5-1-3-6(11)4-2-5/h2-9,16H,1,10-15H2;3-6,13H,2,7-12H2,1H3;1-4,11H. The molecule has 0 aromatic heterocycles. The van der Waals surface area contributed by atoms with Crippen LogP contribution in [0.25, 0.3) is 0 Å². The maximum absolute atomic E-state index is 12.6. The van der Waals surface area contributed by atoms with Crippen molar-refractivity contribution in [3.8, 4) is 11.5 Å². The van der Waals surface area contributed by atoms with Crippen LogP contribution < -0.4 is 4.74 Å². The van der Waals surface area contributed by atoms with Crippen molar-refractivity contribution in [1.29, 1.82) is 0 Å². The van der Waals surface area contributed by atoms with Gasteiger partial charge in [-0.3, -0.25) is 4.18 Å². The minimum absolute atomic E-state index is 0.169. The molecule has 8 rings (SSSR count). The van der Waals surface area contributed by atoms with Gasteiger partial charge in [0.05, 0.1) is 30.6 Å². The molecule has 2 aliphatic carbocycles. The lowest BCUT2D eigenvalue weighted by Gasteiger charge is -2.50. The topological polar surface area (TPSA) is 79.3 Å². The summed E-state index contributed by atoms with van der Waals surface area (Å²) in [6.07, 6.45) is -0.148. The van der Waals surface area contributed by atoms with Gasteiger partial charge in [-0.2, -0.15) is 34.8 Å². The Kier molecular flexibility index (Phi) is 15.0. The first kappa shape index (κ1) is 47.0. The molecule has 16 heteroatoms. The van der Waals surface area contributed by atoms with Gasteiger partial charge in [0.1, 0.15) is 11.5 Å². The summed E-state index contributed by atoms with van der Waals surface area (Å²) in [6.45, 7) is 6.72. The van der Waals surface area contributed by atoms with Crippen LogP contribution in [0.4, 0.5) is 26.3 Å². The monoisotopic (exact) mass is 914 g/mol. The summed E-state index contributed by atoms with van der Waals surface area (Å²) in [4.78, 5) is 4.86. The molecule has 2 saturated heterocycles. The molecular formula is C45H50Cl2F6N2O5S. The second kappa shape index (κ2) is 19.5. The molecule has 61 heavy (non-hydrogen) atoms. The van der Waals surface area contributed by atoms with Crippen molar-refractivity contribution in [2.75, 3.05) is 58.7 Å². The van der Waals surface area contributed by atoms with Gasteiger partial charge in [0.25, 0.3) is 10.1 Å². The molecule has 4 aromatic carbocycles. The van der Waals surface area contributed by atoms with Crippen LogP contribution in [0, 0.1) is 11.8 Å². The first-order valence-corrected chi connectivity index (χ1v) is 22.8. The summed E-state index contributed by atoms with van der Waals surface area (Å²) < 4.78 is 106. The lowest BCUT2D eigenvalue weighted by molar-refractivity contribution is -0.138. The fraction of sp³-hybridized carbons (Fsp3) is 0.467. The Morgan fingerprint density at radius 3 is 1.34 bits per heavy atom. The minimum atomic E-state index is -4.33. The summed E-state index contributed by atoms with van der Waals surface area (Å²) in [7, 11) is -3.32. The van der Waals surface area contributed by atoms with Gasteiger partial charge in [0, 0.05) is 72.0 Å². The van der Waals surface area contributed by atoms with Gasteiger partial charge < -0.3 is 19.6 Å². The zero-order chi connectivity index (χ0) is 44.1. The van der Waals surface area contributed by atoms with Gasteiger partial charge in [-0.1, -0.05) is 60.3 Å². The average Bonchev–Trinajstić information content (AvgIpc) is 3.13. The van der Waals surface area contributed by atoms with E-state index >= 15 is 0 Å². The Bertz CT molecular complexity index is 2120. The number of benzene rings is 4. The van der Waals surface area contributed by atoms with E-state index < -0.39 is 33.6 Å². The van der Waals surface area contributed by atoms with E-state index in [1.165, 1.54) is 61.8 Å². The second-order valence-corrected chi connectivity index (χ2v) is 19.3. The maximum Gasteiger partial charge on any atom is 0.416 e. The van der Waals surface area contributed by atoms with Gasteiger partial charge in [-0.25, -0.2) is 0 Å². The predicted octanol–water partition coefficient (Wildman–Crippen LogP) is 10.9. The highest BCUT2D eigenvalue weighted by molar-refractivity contribution is 7.85. The van der Waals surface area contributed by atoms with Gasteiger partial charge in [0.15, 0.2) is 0 Å². The van der Waals surface area contributed by atoms with Crippen molar-refractivity contribution in [2.24, 2.45) is 11.8 Å². The summed E-state index contributed by atoms with van der Waals surface area (Å²) in [6, 6.07) is 25.0. The molecule has 4 aliphatic rings. The number of ether oxygens (including phenoxy) is 1. The Morgan fingerprint density at radius 1 is 0.623 bits per heavy atom. The molecule has 2 aliphatic heterocycles. The number of likely N-dealkylation sites (tertiary alicyclic amines) is 2. The number of hydrogen-bond acceptors (Lipinski definition) is 7. The Hall–Kier alpha value is -3.53. The van der Waals surface area contributed by atoms with Crippen LogP contribution in [-0.2, 0) is 37.5 Å². The quantitative estimate of drug-likeness (QED) is 0.112. The number of hydrogen-bond donors (Lipinski definition) is 1. The normalized spacial score (nSPS) is 19.1. The van der Waals surface area contributed by atoms with Gasteiger partial charge in [-0.05, 0) is 110 Å². The zero-order valence-electron chi connectivity index (χ0n) is 33.7. The van der Waals surface area contributed by atoms with Crippen molar-refractivity contribution in [1.82, 2.24) is 9.80 Å². The fourth-order valence-electron chi connectivity index (χ4n) is 8.39. The van der Waals surface area contributed by atoms with Crippen LogP contribution in [0.1, 0.15) is 60.8 Å². The predicted molar refractivity (Wildman–Crippen MR) is 225 cm³/mol. The van der Waals surface area contributed by atoms with E-state index in [9.17, 15) is 34.8 Å². The van der Waals surface area contributed by atoms with Crippen LogP contribution in [0.5, 0.6) is 11.5 Å². The molecule has 0 radical (unpaired) electrons. The van der Waals surface area contributed by atoms with E-state index in [4.69, 9.17) is 37.2 Å². The third-order valence-electron chi connectivity index (χ3n) is 12.0. The lowest BCUT2D eigenvalue weighted by Crippen LogP contribution is -2.55. The van der Waals surface area contributed by atoms with Crippen LogP contribution in [0.15, 0.2) is 97.1 Å². The molecule has 0 atom stereocenters. The highest BCUT2D eigenvalue weighted by atomic mass is 35.5. The Balaban J connectivity index is 0.000000167. The molecule has 7 nitrogen and oxygen atoms in total. The fourth-order valence-corrected chi connectivity index (χ4v) is 9.08. The largest absolute Gasteiger partial charge is 0.508 e. The number of nitrogens with zero attached hydrogens (tertiary/aromatic N) is 2. The van der Waals surface area contributed by atoms with Crippen molar-refractivity contribution in [2.45, 2.75) is 61.7 Å². The minimum Gasteiger partial charge on any atom is -0.508 e. The van der Waals surface area contributed by atoms with Gasteiger partial charge >= 0.3 is 12.4 Å². The van der Waals surface area contributed by atoms with E-state index in [1.54, 1.807) is 0 Å². The molecule has 0 bridgehead atoms. The summed E-state index contributed by atoms with van der Waals surface area (Å²) >= 11 is 12.0. The molecule has 0 unspecified atom stereocenters. The van der Waals surface area contributed by atoms with Crippen molar-refractivity contribution in [3.05, 3.63) is 129 Å². The molecule has 4 fully saturated rings. The van der Waals surface area contributed by atoms with Crippen molar-refractivity contribution < 1.29 is 48.8 Å². The lowest BCUT2D eigenvalue weighted by atomic mass is 9.63. The second-order valence-electron chi connectivity index (χ2n) is 16.8. The molecule has 2 heterocycles. The highest BCUT2D eigenvalue weighted by Gasteiger charge is 2.44. The summed E-state index contributed by atoms with van der Waals surface area (Å²) in [5.41, 5.74) is 1.83. The molecular weight excluding hydrogens is 865 g/mol. The van der Waals surface area contributed by atoms with E-state index in [0.29, 0.717) is 30.8 Å². The molecule has 0 amide bonds. The summed E-state index contributed by atoms with van der Waals surface area (Å²) in [5.74, 6) is 1.07. The van der Waals surface area contributed by atoms with Crippen LogP contribution in [-0.4, -0.2) is 82.1 Å². The van der Waals surface area contributed by atoms with E-state index in [1.807, 2.05) is 24.3 Å². The number of halogens is 8. The number of rotatable bonds is 12. The summed E-state index contributed by atoms with van der Waals surface area (Å²) in [5, 5.41) is 10.2. The first-order chi connectivity index (χ1) is 28.7. The Labute approximate surface area is 363 Å². The maximum atomic E-state index is 12.6. The highest BCUT2D eigenvalue weighted by Crippen LogP contribution is 2.47. The number of phenolic OH excluding ortho intramolecular Hbond substituents is 1. The molecule has 332 valence electrons. The van der Waals surface area contributed by atoms with E-state index in [0.717, 1.165) is 92.0 Å². The van der Waals surface area contributed by atoms with Crippen LogP contribution in [0.2, 0.25) is 10.0 Å². The van der Waals surface area contributed by atoms with Gasteiger partial charge in [0.2, 0.25) is 0 Å². The third-order valence-corrected chi connectivity index (χ3v) is 13.1. The van der Waals surface area contributed by atoms with Crippen molar-refractivity contribution in [3.63, 3.8) is 0 Å². The zero-order valence-corrected chi connectivity index (χ0v) is 36.0. The molecule has 1 N–H and O–H groups in total. The number of aromatic hydroxyl groups is 1. The SMILES string of the molecule is CS(=O)(=O)OCC1CN(CC2(c3ccc(Cl)cc3)CCC2)C1.FC(F)(F)c1ccc(OCC2CN(CC3(c4ccc(Cl)cc4)CCC3)C2)cc1.Oc1ccc(C(F)(F)F)cc1. The van der Waals surface area contributed by atoms with Gasteiger partial charge in [-0.15, -0.1) is 0 Å². The molecule has 4 aromatic rings.